The maximum Gasteiger partial charge on any atom is 0.309 e. The molecule has 1 N–H and O–H groups in total. The molecule has 0 aliphatic heterocycles. The SMILES string of the molecule is CC1(Oc2ncnc3c2nc(-c2cccc(OCCC(C)(C)C(=O)O)c2Cl)n3Cc2cccc(Cl)c2)CC1. The van der Waals surface area contributed by atoms with Gasteiger partial charge in [-0.15, -0.1) is 0 Å². The smallest absolute Gasteiger partial charge is 0.309 e. The predicted molar refractivity (Wildman–Crippen MR) is 146 cm³/mol. The van der Waals surface area contributed by atoms with Gasteiger partial charge >= 0.3 is 5.97 Å². The normalized spacial score (nSPS) is 14.4. The number of rotatable bonds is 10. The topological polar surface area (TPSA) is 99.4 Å². The Morgan fingerprint density at radius 3 is 2.63 bits per heavy atom. The van der Waals surface area contributed by atoms with E-state index < -0.39 is 11.4 Å². The minimum atomic E-state index is -0.914. The van der Waals surface area contributed by atoms with Gasteiger partial charge in [-0.2, -0.15) is 4.98 Å². The number of carboxylic acid groups (broad SMARTS) is 1. The van der Waals surface area contributed by atoms with Crippen molar-refractivity contribution in [2.24, 2.45) is 5.41 Å². The highest BCUT2D eigenvalue weighted by Crippen LogP contribution is 2.42. The van der Waals surface area contributed by atoms with Gasteiger partial charge in [-0.25, -0.2) is 9.97 Å². The van der Waals surface area contributed by atoms with Gasteiger partial charge in [-0.3, -0.25) is 4.79 Å². The highest BCUT2D eigenvalue weighted by atomic mass is 35.5. The number of aromatic nitrogens is 4. The number of hydrogen-bond donors (Lipinski definition) is 1. The summed E-state index contributed by atoms with van der Waals surface area (Å²) in [6, 6.07) is 13.0. The van der Waals surface area contributed by atoms with Gasteiger partial charge in [0.25, 0.3) is 0 Å². The first-order chi connectivity index (χ1) is 18.1. The minimum Gasteiger partial charge on any atom is -0.492 e. The van der Waals surface area contributed by atoms with Crippen molar-refractivity contribution in [3.63, 3.8) is 0 Å². The average Bonchev–Trinajstić information content (AvgIpc) is 3.48. The fraction of sp³-hybridized carbons (Fsp3) is 0.357. The summed E-state index contributed by atoms with van der Waals surface area (Å²) in [5, 5.41) is 10.4. The van der Waals surface area contributed by atoms with Crippen molar-refractivity contribution in [1.82, 2.24) is 19.5 Å². The van der Waals surface area contributed by atoms with E-state index in [-0.39, 0.29) is 12.2 Å². The van der Waals surface area contributed by atoms with Crippen molar-refractivity contribution in [3.8, 4) is 23.0 Å². The molecule has 0 unspecified atom stereocenters. The van der Waals surface area contributed by atoms with Crippen LogP contribution in [0.1, 0.15) is 45.6 Å². The summed E-state index contributed by atoms with van der Waals surface area (Å²) in [7, 11) is 0. The molecule has 5 rings (SSSR count). The summed E-state index contributed by atoms with van der Waals surface area (Å²) in [6.07, 6.45) is 3.72. The molecule has 8 nitrogen and oxygen atoms in total. The number of benzene rings is 2. The van der Waals surface area contributed by atoms with E-state index in [0.717, 1.165) is 18.4 Å². The second kappa shape index (κ2) is 10.1. The largest absolute Gasteiger partial charge is 0.492 e. The molecule has 0 atom stereocenters. The van der Waals surface area contributed by atoms with E-state index in [4.69, 9.17) is 37.7 Å². The van der Waals surface area contributed by atoms with Crippen LogP contribution in [0.3, 0.4) is 0 Å². The van der Waals surface area contributed by atoms with E-state index in [1.165, 1.54) is 6.33 Å². The Kier molecular flexibility index (Phi) is 6.96. The van der Waals surface area contributed by atoms with Crippen LogP contribution in [0.15, 0.2) is 48.8 Å². The van der Waals surface area contributed by atoms with Gasteiger partial charge in [-0.05, 0) is 69.9 Å². The molecule has 2 aromatic heterocycles. The van der Waals surface area contributed by atoms with E-state index in [0.29, 0.717) is 57.2 Å². The van der Waals surface area contributed by atoms with Crippen LogP contribution >= 0.6 is 23.2 Å². The summed E-state index contributed by atoms with van der Waals surface area (Å²) in [4.78, 5) is 25.3. The number of halogens is 2. The summed E-state index contributed by atoms with van der Waals surface area (Å²) < 4.78 is 14.1. The number of nitrogens with zero attached hydrogens (tertiary/aromatic N) is 4. The zero-order valence-electron chi connectivity index (χ0n) is 21.4. The summed E-state index contributed by atoms with van der Waals surface area (Å²) in [6.45, 7) is 6.02. The van der Waals surface area contributed by atoms with E-state index in [2.05, 4.69) is 9.97 Å². The minimum absolute atomic E-state index is 0.198. The molecule has 0 bridgehead atoms. The first-order valence-corrected chi connectivity index (χ1v) is 13.1. The van der Waals surface area contributed by atoms with Crippen LogP contribution in [0.25, 0.3) is 22.6 Å². The number of imidazole rings is 1. The second-order valence-corrected chi connectivity index (χ2v) is 11.3. The standard InChI is InChI=1S/C28H28Cl2N4O4/c1-27(2,26(35)36)12-13-37-20-9-5-8-19(21(20)30)23-33-22-24(31-16-32-25(22)38-28(3)10-11-28)34(23)15-17-6-4-7-18(29)14-17/h4-9,14,16H,10-13,15H2,1-3H3,(H,35,36). The summed E-state index contributed by atoms with van der Waals surface area (Å²) in [5.74, 6) is 0.572. The quantitative estimate of drug-likeness (QED) is 0.234. The molecule has 38 heavy (non-hydrogen) atoms. The van der Waals surface area contributed by atoms with Crippen LogP contribution < -0.4 is 9.47 Å². The zero-order valence-corrected chi connectivity index (χ0v) is 22.9. The molecule has 0 spiro atoms. The van der Waals surface area contributed by atoms with Crippen LogP contribution in [0.2, 0.25) is 10.0 Å². The zero-order chi connectivity index (χ0) is 27.1. The van der Waals surface area contributed by atoms with Crippen molar-refractivity contribution < 1.29 is 19.4 Å². The molecule has 4 aromatic rings. The highest BCUT2D eigenvalue weighted by Gasteiger charge is 2.41. The van der Waals surface area contributed by atoms with Gasteiger partial charge in [0.1, 0.15) is 23.5 Å². The molecule has 0 saturated heterocycles. The maximum atomic E-state index is 11.5. The third-order valence-corrected chi connectivity index (χ3v) is 7.42. The molecule has 0 radical (unpaired) electrons. The second-order valence-electron chi connectivity index (χ2n) is 10.5. The number of carbonyl (C=O) groups is 1. The van der Waals surface area contributed by atoms with Crippen LogP contribution in [0, 0.1) is 5.41 Å². The van der Waals surface area contributed by atoms with Crippen molar-refractivity contribution >= 4 is 40.3 Å². The van der Waals surface area contributed by atoms with E-state index >= 15 is 0 Å². The van der Waals surface area contributed by atoms with Gasteiger partial charge in [0.15, 0.2) is 11.2 Å². The molecule has 2 aromatic carbocycles. The number of aliphatic carboxylic acids is 1. The van der Waals surface area contributed by atoms with Crippen molar-refractivity contribution in [1.29, 1.82) is 0 Å². The Balaban J connectivity index is 1.56. The van der Waals surface area contributed by atoms with Crippen molar-refractivity contribution in [2.45, 2.75) is 52.2 Å². The van der Waals surface area contributed by atoms with E-state index in [9.17, 15) is 9.90 Å². The molecular formula is C28H28Cl2N4O4. The lowest BCUT2D eigenvalue weighted by molar-refractivity contribution is -0.147. The molecule has 1 fully saturated rings. The number of ether oxygens (including phenoxy) is 2. The van der Waals surface area contributed by atoms with Crippen molar-refractivity contribution in [3.05, 3.63) is 64.4 Å². The fourth-order valence-electron chi connectivity index (χ4n) is 3.99. The third-order valence-electron chi connectivity index (χ3n) is 6.79. The van der Waals surface area contributed by atoms with Gasteiger partial charge in [-0.1, -0.05) is 41.4 Å². The average molecular weight is 555 g/mol. The molecule has 1 saturated carbocycles. The molecule has 2 heterocycles. The predicted octanol–water partition coefficient (Wildman–Crippen LogP) is 6.66. The lowest BCUT2D eigenvalue weighted by Crippen LogP contribution is -2.25. The lowest BCUT2D eigenvalue weighted by Gasteiger charge is -2.19. The Labute approximate surface area is 230 Å². The van der Waals surface area contributed by atoms with Gasteiger partial charge < -0.3 is 19.1 Å². The van der Waals surface area contributed by atoms with E-state index in [1.807, 2.05) is 47.9 Å². The van der Waals surface area contributed by atoms with Gasteiger partial charge in [0.05, 0.1) is 23.6 Å². The van der Waals surface area contributed by atoms with Crippen LogP contribution in [0.4, 0.5) is 0 Å². The first-order valence-electron chi connectivity index (χ1n) is 12.4. The summed E-state index contributed by atoms with van der Waals surface area (Å²) >= 11 is 13.1. The molecule has 10 heteroatoms. The van der Waals surface area contributed by atoms with E-state index in [1.54, 1.807) is 19.9 Å². The summed E-state index contributed by atoms with van der Waals surface area (Å²) in [5.41, 5.74) is 1.61. The number of hydrogen-bond acceptors (Lipinski definition) is 6. The monoisotopic (exact) mass is 554 g/mol. The molecule has 198 valence electrons. The fourth-order valence-corrected chi connectivity index (χ4v) is 4.47. The Hall–Kier alpha value is -3.36. The Morgan fingerprint density at radius 1 is 1.16 bits per heavy atom. The third kappa shape index (κ3) is 5.42. The highest BCUT2D eigenvalue weighted by molar-refractivity contribution is 6.34. The molecule has 1 aliphatic carbocycles. The molecule has 0 amide bonds. The Bertz CT molecular complexity index is 1510. The van der Waals surface area contributed by atoms with Crippen LogP contribution in [0.5, 0.6) is 11.6 Å². The van der Waals surface area contributed by atoms with Crippen LogP contribution in [-0.4, -0.2) is 42.8 Å². The lowest BCUT2D eigenvalue weighted by atomic mass is 9.90. The molecule has 1 aliphatic rings. The van der Waals surface area contributed by atoms with Crippen LogP contribution in [-0.2, 0) is 11.3 Å². The number of fused-ring (bicyclic) bond motifs is 1. The first kappa shape index (κ1) is 26.3. The number of carboxylic acids is 1. The van der Waals surface area contributed by atoms with Gasteiger partial charge in [0.2, 0.25) is 5.88 Å². The van der Waals surface area contributed by atoms with Gasteiger partial charge in [0, 0.05) is 10.6 Å². The van der Waals surface area contributed by atoms with Crippen molar-refractivity contribution in [2.75, 3.05) is 6.61 Å². The maximum absolute atomic E-state index is 11.5. The molecular weight excluding hydrogens is 527 g/mol. The Morgan fingerprint density at radius 2 is 1.92 bits per heavy atom.